The van der Waals surface area contributed by atoms with Crippen LogP contribution in [-0.2, 0) is 30.5 Å². The monoisotopic (exact) mass is 951 g/mol. The molecule has 17 nitrogen and oxygen atoms in total. The zero-order valence-corrected chi connectivity index (χ0v) is 38.8. The van der Waals surface area contributed by atoms with Gasteiger partial charge in [-0.2, -0.15) is 0 Å². The highest BCUT2D eigenvalue weighted by atomic mass is 19.1. The fourth-order valence-electron chi connectivity index (χ4n) is 10.0. The molecule has 10 rings (SSSR count). The first-order valence-electron chi connectivity index (χ1n) is 23.9. The van der Waals surface area contributed by atoms with E-state index in [0.717, 1.165) is 47.5 Å². The summed E-state index contributed by atoms with van der Waals surface area (Å²) in [5.41, 5.74) is 3.66. The topological polar surface area (TPSA) is 195 Å². The molecule has 4 aromatic carbocycles. The fraction of sp³-hybridized carbons (Fsp3) is 0.365. The molecular weight excluding hydrogens is 898 g/mol. The molecule has 6 amide bonds. The molecular formula is C52H54FN9O8. The Labute approximate surface area is 403 Å². The van der Waals surface area contributed by atoms with E-state index in [2.05, 4.69) is 36.1 Å². The van der Waals surface area contributed by atoms with Crippen LogP contribution in [0, 0.1) is 17.2 Å². The lowest BCUT2D eigenvalue weighted by Crippen LogP contribution is -2.52. The molecule has 0 bridgehead atoms. The third-order valence-electron chi connectivity index (χ3n) is 14.3. The number of hydrogen-bond acceptors (Lipinski definition) is 12. The summed E-state index contributed by atoms with van der Waals surface area (Å²) in [6, 6.07) is 22.9. The zero-order valence-electron chi connectivity index (χ0n) is 38.8. The number of halogens is 1. The summed E-state index contributed by atoms with van der Waals surface area (Å²) < 4.78 is 25.6. The van der Waals surface area contributed by atoms with E-state index in [1.54, 1.807) is 54.6 Å². The molecule has 1 unspecified atom stereocenters. The Hall–Kier alpha value is -7.60. The van der Waals surface area contributed by atoms with Crippen molar-refractivity contribution < 1.29 is 42.6 Å². The number of anilines is 4. The minimum Gasteiger partial charge on any atom is -0.495 e. The molecule has 0 radical (unpaired) electrons. The van der Waals surface area contributed by atoms with Crippen molar-refractivity contribution in [3.05, 3.63) is 108 Å². The van der Waals surface area contributed by atoms with E-state index in [-0.39, 0.29) is 30.1 Å². The van der Waals surface area contributed by atoms with E-state index in [4.69, 9.17) is 9.47 Å². The van der Waals surface area contributed by atoms with Crippen molar-refractivity contribution in [1.29, 1.82) is 0 Å². The summed E-state index contributed by atoms with van der Waals surface area (Å²) in [6.07, 6.45) is 4.48. The predicted octanol–water partition coefficient (Wildman–Crippen LogP) is 5.77. The summed E-state index contributed by atoms with van der Waals surface area (Å²) in [4.78, 5) is 90.3. The summed E-state index contributed by atoms with van der Waals surface area (Å²) in [7, 11) is 1.63. The molecule has 1 atom stereocenters. The van der Waals surface area contributed by atoms with Crippen LogP contribution in [0.5, 0.6) is 17.2 Å². The van der Waals surface area contributed by atoms with Gasteiger partial charge in [0.05, 0.1) is 18.3 Å². The van der Waals surface area contributed by atoms with Gasteiger partial charge in [0.1, 0.15) is 34.5 Å². The van der Waals surface area contributed by atoms with E-state index in [0.29, 0.717) is 106 Å². The minimum atomic E-state index is -1.18. The van der Waals surface area contributed by atoms with E-state index in [1.165, 1.54) is 24.3 Å². The summed E-state index contributed by atoms with van der Waals surface area (Å²) >= 11 is 0. The van der Waals surface area contributed by atoms with Crippen LogP contribution in [0.15, 0.2) is 91.1 Å². The number of nitrogens with zero attached hydrogens (tertiary/aromatic N) is 5. The Balaban J connectivity index is 0.689. The highest BCUT2D eigenvalue weighted by molar-refractivity contribution is 6.17. The number of piperidine rings is 2. The molecule has 5 heterocycles. The van der Waals surface area contributed by atoms with E-state index >= 15 is 0 Å². The molecule has 1 saturated carbocycles. The number of pyridine rings is 1. The zero-order chi connectivity index (χ0) is 48.5. The Morgan fingerprint density at radius 1 is 0.829 bits per heavy atom. The van der Waals surface area contributed by atoms with Crippen LogP contribution in [0.25, 0.3) is 10.9 Å². The third kappa shape index (κ3) is 9.42. The maximum absolute atomic E-state index is 13.8. The maximum Gasteiger partial charge on any atom is 0.255 e. The van der Waals surface area contributed by atoms with Crippen molar-refractivity contribution in [2.75, 3.05) is 80.3 Å². The van der Waals surface area contributed by atoms with Crippen molar-refractivity contribution in [3.8, 4) is 17.2 Å². The number of fused-ring (bicyclic) bond motifs is 2. The first kappa shape index (κ1) is 46.1. The fourth-order valence-corrected chi connectivity index (χ4v) is 10.0. The van der Waals surface area contributed by atoms with Crippen molar-refractivity contribution in [1.82, 2.24) is 25.0 Å². The van der Waals surface area contributed by atoms with E-state index in [9.17, 15) is 33.2 Å². The molecule has 0 spiro atoms. The van der Waals surface area contributed by atoms with Gasteiger partial charge in [0.15, 0.2) is 0 Å². The number of benzene rings is 4. The van der Waals surface area contributed by atoms with Crippen molar-refractivity contribution in [2.45, 2.75) is 51.1 Å². The number of aromatic nitrogens is 1. The van der Waals surface area contributed by atoms with Crippen molar-refractivity contribution in [2.24, 2.45) is 11.3 Å². The molecule has 4 fully saturated rings. The Kier molecular flexibility index (Phi) is 12.8. The van der Waals surface area contributed by atoms with Crippen LogP contribution in [-0.4, -0.2) is 121 Å². The first-order chi connectivity index (χ1) is 34.0. The molecule has 362 valence electrons. The van der Waals surface area contributed by atoms with Gasteiger partial charge in [-0.1, -0.05) is 6.07 Å². The number of carbonyl (C=O) groups excluding carboxylic acids is 6. The molecule has 1 aromatic heterocycles. The molecule has 5 aromatic rings. The molecule has 4 N–H and O–H groups in total. The lowest BCUT2D eigenvalue weighted by Gasteiger charge is -2.39. The Morgan fingerprint density at radius 3 is 2.20 bits per heavy atom. The predicted molar refractivity (Wildman–Crippen MR) is 259 cm³/mol. The van der Waals surface area contributed by atoms with Crippen LogP contribution in [0.1, 0.15) is 54.4 Å². The number of carbonyl (C=O) groups is 6. The van der Waals surface area contributed by atoms with Gasteiger partial charge in [0.2, 0.25) is 29.5 Å². The smallest absolute Gasteiger partial charge is 0.255 e. The summed E-state index contributed by atoms with van der Waals surface area (Å²) in [5, 5.41) is 12.2. The second-order valence-corrected chi connectivity index (χ2v) is 18.6. The summed E-state index contributed by atoms with van der Waals surface area (Å²) in [6.45, 7) is 5.95. The standard InChI is InChI=1S/C52H54FN9O8/c1-69-45-29-38-41(54-20-15-44(38)70-36-11-9-35(10-12-36)57-51(68)52(18-19-52)50(67)56-34-7-5-33(53)6-8-34)30-43(45)60-22-16-32(17-23-60)48(65)61-27-25-59(26-28-61)24-21-55-40-4-2-3-37-39(40)31-62(49(37)66)42-13-14-46(63)58-47(42)64/h2-12,15,20,29-30,32,42,55H,13-14,16-19,21-28,31H2,1H3,(H,56,67)(H,57,68)(H,58,63,64). The average Bonchev–Trinajstić information content (AvgIpc) is 4.13. The SMILES string of the molecule is COc1cc2c(Oc3ccc(NC(=O)C4(C(=O)Nc5ccc(F)cc5)CC4)cc3)ccnc2cc1N1CCC(C(=O)N2CCN(CCNc3cccc4c3CN(C3CCC(=O)NC3=O)C4=O)CC2)CC1. The molecule has 3 saturated heterocycles. The molecule has 1 aliphatic carbocycles. The van der Waals surface area contributed by atoms with E-state index in [1.807, 2.05) is 29.2 Å². The second-order valence-electron chi connectivity index (χ2n) is 18.6. The number of rotatable bonds is 14. The number of piperazine rings is 1. The van der Waals surface area contributed by atoms with Gasteiger partial charge >= 0.3 is 0 Å². The van der Waals surface area contributed by atoms with E-state index < -0.39 is 35.0 Å². The van der Waals surface area contributed by atoms with Gasteiger partial charge in [-0.05, 0) is 111 Å². The molecule has 70 heavy (non-hydrogen) atoms. The van der Waals surface area contributed by atoms with Crippen molar-refractivity contribution in [3.63, 3.8) is 0 Å². The summed E-state index contributed by atoms with van der Waals surface area (Å²) in [5.74, 6) is -0.293. The molecule has 4 aliphatic heterocycles. The van der Waals surface area contributed by atoms with Gasteiger partial charge in [-0.15, -0.1) is 0 Å². The Bertz CT molecular complexity index is 2860. The number of methoxy groups -OCH3 is 1. The van der Waals surface area contributed by atoms with Gasteiger partial charge < -0.3 is 40.1 Å². The number of amides is 6. The van der Waals surface area contributed by atoms with Crippen LogP contribution < -0.4 is 35.6 Å². The van der Waals surface area contributed by atoms with Gasteiger partial charge in [0, 0.05) is 111 Å². The maximum atomic E-state index is 13.8. The third-order valence-corrected chi connectivity index (χ3v) is 14.3. The molecule has 5 aliphatic rings. The van der Waals surface area contributed by atoms with Gasteiger partial charge in [-0.3, -0.25) is 44.0 Å². The van der Waals surface area contributed by atoms with Crippen LogP contribution >= 0.6 is 0 Å². The van der Waals surface area contributed by atoms with Gasteiger partial charge in [0.25, 0.3) is 5.91 Å². The second kappa shape index (κ2) is 19.4. The van der Waals surface area contributed by atoms with Crippen molar-refractivity contribution >= 4 is 69.1 Å². The van der Waals surface area contributed by atoms with Crippen LogP contribution in [0.2, 0.25) is 0 Å². The Morgan fingerprint density at radius 2 is 1.53 bits per heavy atom. The normalized spacial score (nSPS) is 19.1. The number of imide groups is 1. The first-order valence-corrected chi connectivity index (χ1v) is 23.9. The van der Waals surface area contributed by atoms with Gasteiger partial charge in [-0.25, -0.2) is 4.39 Å². The highest BCUT2D eigenvalue weighted by Crippen LogP contribution is 2.48. The number of nitrogens with one attached hydrogen (secondary N) is 4. The molecule has 18 heteroatoms. The largest absolute Gasteiger partial charge is 0.495 e. The van der Waals surface area contributed by atoms with Crippen LogP contribution in [0.4, 0.5) is 27.1 Å². The lowest BCUT2D eigenvalue weighted by atomic mass is 9.94. The number of hydrogen-bond donors (Lipinski definition) is 4. The average molecular weight is 952 g/mol. The highest BCUT2D eigenvalue weighted by Gasteiger charge is 2.56. The quantitative estimate of drug-likeness (QED) is 0.0778. The lowest BCUT2D eigenvalue weighted by molar-refractivity contribution is -0.138. The number of ether oxygens (including phenoxy) is 2. The minimum absolute atomic E-state index is 0.0708. The van der Waals surface area contributed by atoms with Crippen LogP contribution in [0.3, 0.4) is 0 Å².